The molecular weight excluding hydrogens is 501 g/mol. The lowest BCUT2D eigenvalue weighted by Crippen LogP contribution is -2.51. The number of rotatable bonds is 5. The number of likely N-dealkylation sites (tertiary alicyclic amines) is 1. The van der Waals surface area contributed by atoms with Gasteiger partial charge < -0.3 is 14.1 Å². The molecule has 2 aliphatic rings. The third-order valence-corrected chi connectivity index (χ3v) is 8.17. The predicted molar refractivity (Wildman–Crippen MR) is 133 cm³/mol. The Balaban J connectivity index is 1.40. The lowest BCUT2D eigenvalue weighted by Gasteiger charge is -2.40. The molecule has 8 nitrogen and oxygen atoms in total. The molecule has 1 amide bonds. The van der Waals surface area contributed by atoms with E-state index < -0.39 is 28.4 Å². The van der Waals surface area contributed by atoms with Gasteiger partial charge in [0, 0.05) is 64.2 Å². The summed E-state index contributed by atoms with van der Waals surface area (Å²) in [6.07, 6.45) is -2.67. The van der Waals surface area contributed by atoms with E-state index in [0.717, 1.165) is 17.8 Å². The molecule has 11 heteroatoms. The highest BCUT2D eigenvalue weighted by molar-refractivity contribution is 5.84. The van der Waals surface area contributed by atoms with Crippen LogP contribution < -0.4 is 5.76 Å². The fraction of sp³-hybridized carbons (Fsp3) is 0.519. The van der Waals surface area contributed by atoms with Crippen LogP contribution in [0.3, 0.4) is 0 Å². The highest BCUT2D eigenvalue weighted by atomic mass is 19.4. The van der Waals surface area contributed by atoms with Gasteiger partial charge in [0.1, 0.15) is 0 Å². The van der Waals surface area contributed by atoms with E-state index >= 15 is 0 Å². The van der Waals surface area contributed by atoms with Crippen LogP contribution in [0.15, 0.2) is 39.7 Å². The number of methoxy groups -OCH3 is 1. The summed E-state index contributed by atoms with van der Waals surface area (Å²) in [5, 5.41) is 0. The molecule has 3 aromatic rings. The zero-order valence-corrected chi connectivity index (χ0v) is 21.9. The van der Waals surface area contributed by atoms with E-state index in [9.17, 15) is 22.8 Å². The van der Waals surface area contributed by atoms with Gasteiger partial charge in [0.2, 0.25) is 5.91 Å². The number of hydrogen-bond donors (Lipinski definition) is 0. The minimum Gasteiger partial charge on any atom is -0.408 e. The minimum absolute atomic E-state index is 0.0884. The number of fused-ring (bicyclic) bond motifs is 2. The van der Waals surface area contributed by atoms with E-state index in [0.29, 0.717) is 54.8 Å². The van der Waals surface area contributed by atoms with Gasteiger partial charge in [-0.1, -0.05) is 6.07 Å². The number of nitrogens with zero attached hydrogens (tertiary/aromatic N) is 4. The highest BCUT2D eigenvalue weighted by Gasteiger charge is 2.50. The van der Waals surface area contributed by atoms with Gasteiger partial charge in [0.05, 0.1) is 23.1 Å². The average Bonchev–Trinajstić information content (AvgIpc) is 3.44. The summed E-state index contributed by atoms with van der Waals surface area (Å²) in [7, 11) is 3.22. The Kier molecular flexibility index (Phi) is 6.42. The van der Waals surface area contributed by atoms with Crippen molar-refractivity contribution in [3.8, 4) is 0 Å². The molecule has 4 heterocycles. The number of aryl methyl sites for hydroxylation is 1. The van der Waals surface area contributed by atoms with Crippen molar-refractivity contribution in [3.05, 3.63) is 63.4 Å². The number of ether oxygens (including phenoxy) is 1. The first-order chi connectivity index (χ1) is 17.9. The van der Waals surface area contributed by atoms with E-state index in [2.05, 4.69) is 23.7 Å². The summed E-state index contributed by atoms with van der Waals surface area (Å²) >= 11 is 0. The van der Waals surface area contributed by atoms with Gasteiger partial charge in [-0.15, -0.1) is 0 Å². The van der Waals surface area contributed by atoms with Crippen molar-refractivity contribution < 1.29 is 27.1 Å². The Morgan fingerprint density at radius 3 is 2.66 bits per heavy atom. The number of hydrogen-bond acceptors (Lipinski definition) is 6. The predicted octanol–water partition coefficient (Wildman–Crippen LogP) is 3.70. The Labute approximate surface area is 218 Å². The maximum absolute atomic E-state index is 14.0. The molecule has 5 rings (SSSR count). The molecule has 0 saturated carbocycles. The number of pyridine rings is 1. The summed E-state index contributed by atoms with van der Waals surface area (Å²) in [5.74, 6) is -0.546. The number of alkyl halides is 3. The van der Waals surface area contributed by atoms with Crippen LogP contribution in [0.2, 0.25) is 0 Å². The van der Waals surface area contributed by atoms with Gasteiger partial charge in [-0.25, -0.2) is 4.79 Å². The van der Waals surface area contributed by atoms with Gasteiger partial charge >= 0.3 is 11.9 Å². The number of oxazole rings is 1. The van der Waals surface area contributed by atoms with E-state index in [-0.39, 0.29) is 19.1 Å². The summed E-state index contributed by atoms with van der Waals surface area (Å²) in [5.41, 5.74) is 1.09. The SMILES string of the molecule is COCC1(C(=O)N2CCc3ncc(C(F)(F)F)cc3C2)CCN(C(C)(C)c2ccc3oc(=O)n(C)c3c2)C1. The fourth-order valence-electron chi connectivity index (χ4n) is 5.76. The zero-order chi connectivity index (χ0) is 27.5. The molecule has 204 valence electrons. The first-order valence-electron chi connectivity index (χ1n) is 12.5. The van der Waals surface area contributed by atoms with Crippen molar-refractivity contribution in [2.45, 2.75) is 44.9 Å². The van der Waals surface area contributed by atoms with Crippen molar-refractivity contribution in [1.82, 2.24) is 19.4 Å². The maximum Gasteiger partial charge on any atom is 0.419 e. The summed E-state index contributed by atoms with van der Waals surface area (Å²) in [6, 6.07) is 6.75. The zero-order valence-electron chi connectivity index (χ0n) is 21.9. The van der Waals surface area contributed by atoms with E-state index in [1.165, 1.54) is 4.57 Å². The van der Waals surface area contributed by atoms with Crippen molar-refractivity contribution in [2.24, 2.45) is 12.5 Å². The Morgan fingerprint density at radius 1 is 1.18 bits per heavy atom. The number of halogens is 3. The summed E-state index contributed by atoms with van der Waals surface area (Å²) in [4.78, 5) is 33.8. The molecule has 0 bridgehead atoms. The topological polar surface area (TPSA) is 80.8 Å². The quantitative estimate of drug-likeness (QED) is 0.499. The molecule has 38 heavy (non-hydrogen) atoms. The summed E-state index contributed by atoms with van der Waals surface area (Å²) < 4.78 is 52.0. The van der Waals surface area contributed by atoms with Gasteiger partial charge in [0.25, 0.3) is 0 Å². The average molecular weight is 533 g/mol. The maximum atomic E-state index is 14.0. The molecule has 1 fully saturated rings. The number of carbonyl (C=O) groups is 1. The molecule has 1 saturated heterocycles. The van der Waals surface area contributed by atoms with E-state index in [1.807, 2.05) is 12.1 Å². The number of amides is 1. The van der Waals surface area contributed by atoms with Crippen LogP contribution in [0.5, 0.6) is 0 Å². The van der Waals surface area contributed by atoms with Crippen LogP contribution in [0, 0.1) is 5.41 Å². The van der Waals surface area contributed by atoms with Gasteiger partial charge in [-0.3, -0.25) is 19.2 Å². The molecule has 1 atom stereocenters. The molecule has 1 aromatic carbocycles. The normalized spacial score (nSPS) is 20.8. The van der Waals surface area contributed by atoms with Gasteiger partial charge in [-0.2, -0.15) is 13.2 Å². The van der Waals surface area contributed by atoms with Crippen LogP contribution in [-0.2, 0) is 41.3 Å². The first kappa shape index (κ1) is 26.4. The fourth-order valence-corrected chi connectivity index (χ4v) is 5.76. The highest BCUT2D eigenvalue weighted by Crippen LogP contribution is 2.41. The smallest absolute Gasteiger partial charge is 0.408 e. The molecule has 2 aliphatic heterocycles. The molecule has 0 N–H and O–H groups in total. The van der Waals surface area contributed by atoms with Crippen molar-refractivity contribution in [2.75, 3.05) is 33.4 Å². The Morgan fingerprint density at radius 2 is 1.95 bits per heavy atom. The van der Waals surface area contributed by atoms with Crippen LogP contribution in [-0.4, -0.2) is 58.6 Å². The molecular formula is C27H31F3N4O4. The van der Waals surface area contributed by atoms with Crippen LogP contribution in [0.25, 0.3) is 11.1 Å². The third kappa shape index (κ3) is 4.41. The van der Waals surface area contributed by atoms with Crippen molar-refractivity contribution in [3.63, 3.8) is 0 Å². The first-order valence-corrected chi connectivity index (χ1v) is 12.5. The van der Waals surface area contributed by atoms with Crippen molar-refractivity contribution in [1.29, 1.82) is 0 Å². The third-order valence-electron chi connectivity index (χ3n) is 8.17. The second kappa shape index (κ2) is 9.23. The minimum atomic E-state index is -4.49. The van der Waals surface area contributed by atoms with Gasteiger partial charge in [0.15, 0.2) is 5.58 Å². The monoisotopic (exact) mass is 532 g/mol. The van der Waals surface area contributed by atoms with Crippen molar-refractivity contribution >= 4 is 17.0 Å². The molecule has 0 radical (unpaired) electrons. The lowest BCUT2D eigenvalue weighted by molar-refractivity contribution is -0.146. The van der Waals surface area contributed by atoms with Gasteiger partial charge in [-0.05, 0) is 49.6 Å². The molecule has 0 spiro atoms. The van der Waals surface area contributed by atoms with Crippen LogP contribution in [0.4, 0.5) is 13.2 Å². The number of carbonyl (C=O) groups excluding carboxylic acids is 1. The summed E-state index contributed by atoms with van der Waals surface area (Å²) in [6.45, 7) is 5.89. The molecule has 2 aromatic heterocycles. The second-order valence-electron chi connectivity index (χ2n) is 10.9. The second-order valence-corrected chi connectivity index (χ2v) is 10.9. The van der Waals surface area contributed by atoms with E-state index in [1.54, 1.807) is 25.1 Å². The van der Waals surface area contributed by atoms with E-state index in [4.69, 9.17) is 9.15 Å². The Bertz CT molecular complexity index is 1440. The van der Waals surface area contributed by atoms with Crippen LogP contribution >= 0.6 is 0 Å². The molecule has 0 aliphatic carbocycles. The number of benzene rings is 1. The Hall–Kier alpha value is -3.18. The molecule has 1 unspecified atom stereocenters. The largest absolute Gasteiger partial charge is 0.419 e. The lowest BCUT2D eigenvalue weighted by atomic mass is 9.84. The standard InChI is InChI=1S/C27H31F3N4O4/c1-25(2,18-5-6-22-21(12-18)32(3)24(36)38-22)34-10-8-26(15-34,16-37-4)23(35)33-9-7-20-17(14-33)11-19(13-31-20)27(28,29)30/h5-6,11-13H,7-10,14-16H2,1-4H3. The van der Waals surface area contributed by atoms with Crippen LogP contribution in [0.1, 0.15) is 42.7 Å². The number of aromatic nitrogens is 2.